The van der Waals surface area contributed by atoms with Gasteiger partial charge < -0.3 is 35.6 Å². The Balaban J connectivity index is -0.00000000381. The molecule has 0 aliphatic heterocycles. The molecule has 0 heterocycles. The van der Waals surface area contributed by atoms with Gasteiger partial charge in [0.2, 0.25) is 0 Å². The Labute approximate surface area is 81.8 Å². The zero-order valence-corrected chi connectivity index (χ0v) is 8.12. The molecule has 0 unspecified atom stereocenters. The van der Waals surface area contributed by atoms with E-state index < -0.39 is 10.2 Å². The van der Waals surface area contributed by atoms with Crippen LogP contribution in [-0.2, 0) is 27.7 Å². The first kappa shape index (κ1) is 83.3. The Morgan fingerprint density at radius 3 is 0.583 bits per heavy atom. The van der Waals surface area contributed by atoms with Crippen molar-refractivity contribution < 1.29 is 56.6 Å². The molecule has 18 N–H and O–H groups in total. The van der Waals surface area contributed by atoms with Gasteiger partial charge in [0, 0.05) is 0 Å². The van der Waals surface area contributed by atoms with Crippen LogP contribution in [0.2, 0.25) is 0 Å². The smallest absolute Gasteiger partial charge is 0.457 e. The van der Waals surface area contributed by atoms with E-state index in [-0.39, 0.29) is 52.3 Å². The van der Waals surface area contributed by atoms with Gasteiger partial charge in [0.05, 0.1) is 0 Å². The molecule has 0 radical (unpaired) electrons. The Hall–Kier alpha value is 0.396. The normalized spacial score (nSPS) is 5.00. The summed E-state index contributed by atoms with van der Waals surface area (Å²) < 4.78 is 34.0. The van der Waals surface area contributed by atoms with Gasteiger partial charge in [-0.2, -0.15) is 0 Å². The SMILES string of the molecule is N.N.N.N.[Co+3].[O-][Cl+3]([O-])([O-])[O-].[OH3+].[OH3+]. The van der Waals surface area contributed by atoms with Crippen LogP contribution in [0.15, 0.2) is 0 Å². The van der Waals surface area contributed by atoms with Crippen molar-refractivity contribution in [2.75, 3.05) is 0 Å². The van der Waals surface area contributed by atoms with Crippen LogP contribution in [0, 0.1) is 10.2 Å². The molecular weight excluding hydrogens is 246 g/mol. The van der Waals surface area contributed by atoms with Crippen molar-refractivity contribution in [3.05, 3.63) is 0 Å². The second-order valence-corrected chi connectivity index (χ2v) is 1.13. The van der Waals surface area contributed by atoms with Gasteiger partial charge in [-0.15, -0.1) is 10.2 Å². The summed E-state index contributed by atoms with van der Waals surface area (Å²) in [6, 6.07) is 0. The minimum atomic E-state index is -4.94. The van der Waals surface area contributed by atoms with Crippen LogP contribution in [0.5, 0.6) is 0 Å². The van der Waals surface area contributed by atoms with Crippen LogP contribution in [0.4, 0.5) is 0 Å². The van der Waals surface area contributed by atoms with Gasteiger partial charge in [-0.1, -0.05) is 0 Å². The molecule has 0 spiro atoms. The van der Waals surface area contributed by atoms with E-state index in [1.165, 1.54) is 0 Å². The van der Waals surface area contributed by atoms with Gasteiger partial charge >= 0.3 is 16.8 Å². The predicted octanol–water partition coefficient (Wildman–Crippen LogP) is -5.95. The second-order valence-electron chi connectivity index (χ2n) is 0.378. The first-order chi connectivity index (χ1) is 2.00. The maximum atomic E-state index is 8.49. The van der Waals surface area contributed by atoms with Gasteiger partial charge in [0.1, 0.15) is 0 Å². The molecule has 10 nitrogen and oxygen atoms in total. The van der Waals surface area contributed by atoms with Crippen molar-refractivity contribution in [1.29, 1.82) is 0 Å². The topological polar surface area (TPSA) is 298 Å². The molecule has 12 heteroatoms. The van der Waals surface area contributed by atoms with Crippen LogP contribution in [0.25, 0.3) is 0 Å². The fourth-order valence-corrected chi connectivity index (χ4v) is 0. The predicted molar refractivity (Wildman–Crippen MR) is 29.8 cm³/mol. The third-order valence-corrected chi connectivity index (χ3v) is 0. The van der Waals surface area contributed by atoms with Gasteiger partial charge in [0.25, 0.3) is 0 Å². The summed E-state index contributed by atoms with van der Waals surface area (Å²) in [5.41, 5.74) is 0. The van der Waals surface area contributed by atoms with E-state index in [2.05, 4.69) is 0 Å². The van der Waals surface area contributed by atoms with Gasteiger partial charge in [-0.3, -0.25) is 0 Å². The number of hydrogen-bond donors (Lipinski definition) is 4. The Morgan fingerprint density at radius 1 is 0.583 bits per heavy atom. The minimum absolute atomic E-state index is 0. The van der Waals surface area contributed by atoms with E-state index in [4.69, 9.17) is 18.6 Å². The van der Waals surface area contributed by atoms with Crippen LogP contribution in [0.1, 0.15) is 0 Å². The average molecular weight is 265 g/mol. The molecule has 0 aromatic heterocycles. The van der Waals surface area contributed by atoms with Crippen molar-refractivity contribution in [1.82, 2.24) is 24.6 Å². The van der Waals surface area contributed by atoms with Gasteiger partial charge in [-0.25, -0.2) is 18.6 Å². The van der Waals surface area contributed by atoms with E-state index in [0.717, 1.165) is 0 Å². The molecule has 12 heavy (non-hydrogen) atoms. The summed E-state index contributed by atoms with van der Waals surface area (Å²) in [4.78, 5) is 0. The molecule has 0 bridgehead atoms. The molecule has 0 aliphatic carbocycles. The fraction of sp³-hybridized carbons (Fsp3) is 0. The molecule has 0 aromatic carbocycles. The summed E-state index contributed by atoms with van der Waals surface area (Å²) in [7, 11) is -4.94. The van der Waals surface area contributed by atoms with Crippen LogP contribution in [0.3, 0.4) is 0 Å². The summed E-state index contributed by atoms with van der Waals surface area (Å²) in [6.07, 6.45) is 0. The zero-order valence-electron chi connectivity index (χ0n) is 6.33. The molecular formula is H18ClCoN4O6+4. The second kappa shape index (κ2) is 30.1. The molecule has 0 atom stereocenters. The molecule has 0 saturated heterocycles. The summed E-state index contributed by atoms with van der Waals surface area (Å²) in [6.45, 7) is 0. The molecule has 0 rings (SSSR count). The fourth-order valence-electron chi connectivity index (χ4n) is 0. The van der Waals surface area contributed by atoms with Crippen LogP contribution >= 0.6 is 0 Å². The number of rotatable bonds is 0. The summed E-state index contributed by atoms with van der Waals surface area (Å²) in [5, 5.41) is 0. The molecule has 0 fully saturated rings. The van der Waals surface area contributed by atoms with E-state index in [0.29, 0.717) is 0 Å². The Morgan fingerprint density at radius 2 is 0.583 bits per heavy atom. The largest absolute Gasteiger partial charge is 3.00 e. The third-order valence-electron chi connectivity index (χ3n) is 0. The van der Waals surface area contributed by atoms with Crippen LogP contribution in [-0.4, -0.2) is 0 Å². The molecule has 0 saturated carbocycles. The van der Waals surface area contributed by atoms with Crippen molar-refractivity contribution in [2.45, 2.75) is 0 Å². The van der Waals surface area contributed by atoms with Crippen molar-refractivity contribution in [3.8, 4) is 0 Å². The average Bonchev–Trinajstić information content (AvgIpc) is 0.722. The zero-order chi connectivity index (χ0) is 4.50. The third kappa shape index (κ3) is 5840. The van der Waals surface area contributed by atoms with Gasteiger partial charge in [-0.05, 0) is 0 Å². The number of halogens is 1. The maximum absolute atomic E-state index is 8.49. The Bertz CT molecular complexity index is 35.0. The Kier molecular flexibility index (Phi) is 209. The quantitative estimate of drug-likeness (QED) is 0.304. The standard InChI is InChI=1S/ClHO4.Co.4H3N.2H2O/c2-1(3,4)5;;;;;;;/h(H,2,3,4,5);;4*1H3;2*1H2/q;+3;;;;;;/p+1. The van der Waals surface area contributed by atoms with Crippen molar-refractivity contribution in [3.63, 3.8) is 0 Å². The first-order valence-electron chi connectivity index (χ1n) is 0.617. The summed E-state index contributed by atoms with van der Waals surface area (Å²) >= 11 is 0. The van der Waals surface area contributed by atoms with E-state index in [1.54, 1.807) is 0 Å². The minimum Gasteiger partial charge on any atom is -0.457 e. The van der Waals surface area contributed by atoms with Crippen LogP contribution < -0.4 is 43.2 Å². The first-order valence-corrected chi connectivity index (χ1v) is 1.85. The molecule has 0 aromatic rings. The molecule has 0 amide bonds. The van der Waals surface area contributed by atoms with E-state index in [1.807, 2.05) is 0 Å². The summed E-state index contributed by atoms with van der Waals surface area (Å²) in [5.74, 6) is 0. The van der Waals surface area contributed by atoms with E-state index >= 15 is 0 Å². The number of hydrogen-bond acceptors (Lipinski definition) is 8. The molecule has 0 aliphatic rings. The molecule has 86 valence electrons. The van der Waals surface area contributed by atoms with Gasteiger partial charge in [0.15, 0.2) is 0 Å². The van der Waals surface area contributed by atoms with Crippen molar-refractivity contribution in [2.24, 2.45) is 0 Å². The van der Waals surface area contributed by atoms with E-state index in [9.17, 15) is 0 Å². The van der Waals surface area contributed by atoms with Crippen molar-refractivity contribution >= 4 is 0 Å². The maximum Gasteiger partial charge on any atom is 3.00 e. The monoisotopic (exact) mass is 264 g/mol.